The number of amides is 2. The van der Waals surface area contributed by atoms with Crippen molar-refractivity contribution in [2.24, 2.45) is 0 Å². The van der Waals surface area contributed by atoms with Crippen LogP contribution in [0.25, 0.3) is 0 Å². The van der Waals surface area contributed by atoms with Gasteiger partial charge in [-0.25, -0.2) is 4.79 Å². The van der Waals surface area contributed by atoms with Crippen molar-refractivity contribution in [2.45, 2.75) is 44.9 Å². The van der Waals surface area contributed by atoms with Crippen LogP contribution in [0.1, 0.15) is 43.9 Å². The van der Waals surface area contributed by atoms with Crippen LogP contribution >= 0.6 is 11.6 Å². The van der Waals surface area contributed by atoms with Gasteiger partial charge in [-0.2, -0.15) is 0 Å². The highest BCUT2D eigenvalue weighted by Crippen LogP contribution is 2.32. The van der Waals surface area contributed by atoms with Crippen LogP contribution in [-0.4, -0.2) is 46.5 Å². The Morgan fingerprint density at radius 3 is 2.58 bits per heavy atom. The fourth-order valence-electron chi connectivity index (χ4n) is 3.77. The van der Waals surface area contributed by atoms with Crippen LogP contribution in [0.4, 0.5) is 5.69 Å². The lowest BCUT2D eigenvalue weighted by atomic mass is 9.96. The standard InChI is InChI=1S/C25H25ClN2O5/c1-3-6-22(25(31)32)28-21(14-11-17-7-4-5-8-20(17)27-16(2)29)24(33-15-23(28)30)18-9-12-19(26)13-10-18/h4-5,7-10,12-13,21-22,24H,3,6,15H2,1-2H3,(H,27,29)(H,31,32)/t21-,22?,24+/m0/s1. The first-order valence-corrected chi connectivity index (χ1v) is 11.0. The number of benzene rings is 2. The van der Waals surface area contributed by atoms with E-state index in [9.17, 15) is 19.5 Å². The Kier molecular flexibility index (Phi) is 8.10. The van der Waals surface area contributed by atoms with E-state index in [2.05, 4.69) is 17.2 Å². The highest BCUT2D eigenvalue weighted by atomic mass is 35.5. The Bertz CT molecular complexity index is 1090. The monoisotopic (exact) mass is 468 g/mol. The summed E-state index contributed by atoms with van der Waals surface area (Å²) in [5.41, 5.74) is 1.80. The van der Waals surface area contributed by atoms with E-state index in [1.165, 1.54) is 11.8 Å². The Balaban J connectivity index is 2.09. The van der Waals surface area contributed by atoms with Gasteiger partial charge in [0.2, 0.25) is 11.8 Å². The van der Waals surface area contributed by atoms with Crippen LogP contribution in [0.5, 0.6) is 0 Å². The highest BCUT2D eigenvalue weighted by Gasteiger charge is 2.42. The molecular formula is C25H25ClN2O5. The summed E-state index contributed by atoms with van der Waals surface area (Å²) < 4.78 is 5.85. The lowest BCUT2D eigenvalue weighted by Gasteiger charge is -2.41. The number of carbonyl (C=O) groups is 3. The molecule has 2 amide bonds. The van der Waals surface area contributed by atoms with Crippen molar-refractivity contribution in [2.75, 3.05) is 11.9 Å². The molecule has 2 aromatic carbocycles. The molecule has 3 rings (SSSR count). The smallest absolute Gasteiger partial charge is 0.326 e. The Hall–Kier alpha value is -3.34. The summed E-state index contributed by atoms with van der Waals surface area (Å²) in [4.78, 5) is 37.8. The number of para-hydroxylation sites is 1. The number of hydrogen-bond donors (Lipinski definition) is 2. The zero-order valence-corrected chi connectivity index (χ0v) is 19.1. The van der Waals surface area contributed by atoms with Crippen LogP contribution in [0.15, 0.2) is 48.5 Å². The van der Waals surface area contributed by atoms with Gasteiger partial charge in [0.1, 0.15) is 24.8 Å². The summed E-state index contributed by atoms with van der Waals surface area (Å²) in [7, 11) is 0. The Labute approximate surface area is 197 Å². The Morgan fingerprint density at radius 1 is 1.24 bits per heavy atom. The number of ether oxygens (including phenoxy) is 1. The third-order valence-corrected chi connectivity index (χ3v) is 5.49. The summed E-state index contributed by atoms with van der Waals surface area (Å²) in [6, 6.07) is 12.1. The average molecular weight is 469 g/mol. The number of aliphatic carboxylic acids is 1. The quantitative estimate of drug-likeness (QED) is 0.627. The average Bonchev–Trinajstić information content (AvgIpc) is 2.77. The van der Waals surface area contributed by atoms with E-state index in [1.807, 2.05) is 6.92 Å². The normalized spacial score (nSPS) is 18.8. The molecule has 0 bridgehead atoms. The molecule has 7 nitrogen and oxygen atoms in total. The van der Waals surface area contributed by atoms with Crippen molar-refractivity contribution in [3.8, 4) is 11.8 Å². The number of carboxylic acids is 1. The number of rotatable bonds is 6. The van der Waals surface area contributed by atoms with Crippen molar-refractivity contribution in [1.82, 2.24) is 4.90 Å². The van der Waals surface area contributed by atoms with Crippen molar-refractivity contribution in [3.05, 3.63) is 64.7 Å². The molecule has 1 aliphatic heterocycles. The maximum atomic E-state index is 12.9. The van der Waals surface area contributed by atoms with E-state index in [4.69, 9.17) is 16.3 Å². The molecule has 1 heterocycles. The van der Waals surface area contributed by atoms with Gasteiger partial charge < -0.3 is 20.1 Å². The fraction of sp³-hybridized carbons (Fsp3) is 0.320. The fourth-order valence-corrected chi connectivity index (χ4v) is 3.90. The molecular weight excluding hydrogens is 444 g/mol. The highest BCUT2D eigenvalue weighted by molar-refractivity contribution is 6.30. The van der Waals surface area contributed by atoms with E-state index in [0.717, 1.165) is 5.56 Å². The number of nitrogens with one attached hydrogen (secondary N) is 1. The first kappa shape index (κ1) is 24.3. The zero-order valence-electron chi connectivity index (χ0n) is 18.4. The van der Waals surface area contributed by atoms with Gasteiger partial charge in [0, 0.05) is 17.5 Å². The molecule has 0 spiro atoms. The summed E-state index contributed by atoms with van der Waals surface area (Å²) in [6.45, 7) is 3.02. The molecule has 2 N–H and O–H groups in total. The van der Waals surface area contributed by atoms with Crippen LogP contribution in [0.3, 0.4) is 0 Å². The van der Waals surface area contributed by atoms with Gasteiger partial charge in [0.15, 0.2) is 0 Å². The second kappa shape index (κ2) is 11.0. The summed E-state index contributed by atoms with van der Waals surface area (Å²) in [5, 5.41) is 13.1. The molecule has 3 atom stereocenters. The van der Waals surface area contributed by atoms with Crippen molar-refractivity contribution < 1.29 is 24.2 Å². The van der Waals surface area contributed by atoms with Gasteiger partial charge in [-0.05, 0) is 36.2 Å². The molecule has 1 unspecified atom stereocenters. The van der Waals surface area contributed by atoms with Crippen LogP contribution in [-0.2, 0) is 19.1 Å². The van der Waals surface area contributed by atoms with E-state index in [-0.39, 0.29) is 18.9 Å². The third-order valence-electron chi connectivity index (χ3n) is 5.23. The minimum atomic E-state index is -1.09. The minimum Gasteiger partial charge on any atom is -0.480 e. The van der Waals surface area contributed by atoms with Crippen molar-refractivity contribution in [3.63, 3.8) is 0 Å². The number of hydrogen-bond acceptors (Lipinski definition) is 4. The van der Waals surface area contributed by atoms with Crippen LogP contribution < -0.4 is 5.32 Å². The third kappa shape index (κ3) is 5.92. The number of carbonyl (C=O) groups excluding carboxylic acids is 2. The second-order valence-corrected chi connectivity index (χ2v) is 8.10. The number of carboxylic acid groups (broad SMARTS) is 1. The molecule has 8 heteroatoms. The van der Waals surface area contributed by atoms with Gasteiger partial charge >= 0.3 is 5.97 Å². The summed E-state index contributed by atoms with van der Waals surface area (Å²) in [5.74, 6) is 4.33. The second-order valence-electron chi connectivity index (χ2n) is 7.67. The largest absolute Gasteiger partial charge is 0.480 e. The summed E-state index contributed by atoms with van der Waals surface area (Å²) in [6.07, 6.45) is 0.201. The summed E-state index contributed by atoms with van der Waals surface area (Å²) >= 11 is 6.03. The molecule has 0 radical (unpaired) electrons. The van der Waals surface area contributed by atoms with Gasteiger partial charge in [-0.15, -0.1) is 0 Å². The molecule has 1 fully saturated rings. The molecule has 0 aliphatic carbocycles. The maximum Gasteiger partial charge on any atom is 0.326 e. The number of morpholine rings is 1. The van der Waals surface area contributed by atoms with Crippen LogP contribution in [0.2, 0.25) is 5.02 Å². The number of halogens is 1. The van der Waals surface area contributed by atoms with Gasteiger partial charge in [0.25, 0.3) is 0 Å². The van der Waals surface area contributed by atoms with Gasteiger partial charge in [-0.3, -0.25) is 9.59 Å². The predicted octanol–water partition coefficient (Wildman–Crippen LogP) is 3.87. The van der Waals surface area contributed by atoms with Crippen LogP contribution in [0, 0.1) is 11.8 Å². The maximum absolute atomic E-state index is 12.9. The van der Waals surface area contributed by atoms with Gasteiger partial charge in [0.05, 0.1) is 5.69 Å². The predicted molar refractivity (Wildman–Crippen MR) is 125 cm³/mol. The first-order chi connectivity index (χ1) is 15.8. The molecule has 1 saturated heterocycles. The van der Waals surface area contributed by atoms with Crippen molar-refractivity contribution in [1.29, 1.82) is 0 Å². The molecule has 1 aliphatic rings. The lowest BCUT2D eigenvalue weighted by Crippen LogP contribution is -2.57. The first-order valence-electron chi connectivity index (χ1n) is 10.6. The SMILES string of the molecule is CCCC(C(=O)O)N1C(=O)CO[C@H](c2ccc(Cl)cc2)[C@@H]1C#Cc1ccccc1NC(C)=O. The number of nitrogens with zero attached hydrogens (tertiary/aromatic N) is 1. The molecule has 0 aromatic heterocycles. The van der Waals surface area contributed by atoms with Gasteiger partial charge in [-0.1, -0.05) is 61.1 Å². The molecule has 2 aromatic rings. The Morgan fingerprint density at radius 2 is 1.94 bits per heavy atom. The van der Waals surface area contributed by atoms with E-state index < -0.39 is 30.1 Å². The topological polar surface area (TPSA) is 95.9 Å². The van der Waals surface area contributed by atoms with E-state index in [1.54, 1.807) is 48.5 Å². The molecule has 172 valence electrons. The van der Waals surface area contributed by atoms with E-state index >= 15 is 0 Å². The van der Waals surface area contributed by atoms with E-state index in [0.29, 0.717) is 22.7 Å². The molecule has 33 heavy (non-hydrogen) atoms. The minimum absolute atomic E-state index is 0.241. The number of anilines is 1. The zero-order chi connectivity index (χ0) is 24.0. The van der Waals surface area contributed by atoms with Crippen molar-refractivity contribution >= 4 is 35.1 Å². The molecule has 0 saturated carbocycles. The lowest BCUT2D eigenvalue weighted by molar-refractivity contribution is -0.167.